The van der Waals surface area contributed by atoms with Gasteiger partial charge in [0.2, 0.25) is 5.82 Å². The molecule has 0 aromatic heterocycles. The summed E-state index contributed by atoms with van der Waals surface area (Å²) in [6, 6.07) is 3.34. The van der Waals surface area contributed by atoms with E-state index in [-0.39, 0.29) is 0 Å². The number of hydrogen-bond acceptors (Lipinski definition) is 4. The first kappa shape index (κ1) is 12.1. The van der Waals surface area contributed by atoms with E-state index in [0.29, 0.717) is 5.56 Å². The summed E-state index contributed by atoms with van der Waals surface area (Å²) in [6.45, 7) is 1.53. The normalized spacial score (nSPS) is 11.9. The molecule has 1 aromatic rings. The number of carbonyl (C=O) groups excluding carboxylic acids is 1. The summed E-state index contributed by atoms with van der Waals surface area (Å²) in [6.07, 6.45) is 0. The van der Waals surface area contributed by atoms with Gasteiger partial charge in [0.15, 0.2) is 0 Å². The minimum absolute atomic E-state index is 0.343. The number of ether oxygens (including phenoxy) is 1. The first-order valence-corrected chi connectivity index (χ1v) is 4.49. The van der Waals surface area contributed by atoms with E-state index in [1.54, 1.807) is 0 Å². The van der Waals surface area contributed by atoms with E-state index in [1.165, 1.54) is 20.1 Å². The molecule has 0 saturated heterocycles. The zero-order chi connectivity index (χ0) is 12.3. The van der Waals surface area contributed by atoms with Gasteiger partial charge in [0, 0.05) is 6.07 Å². The predicted molar refractivity (Wildman–Crippen MR) is 53.5 cm³/mol. The Morgan fingerprint density at radius 2 is 2.19 bits per heavy atom. The molecule has 0 amide bonds. The van der Waals surface area contributed by atoms with Crippen LogP contribution in [0.15, 0.2) is 18.2 Å². The number of methoxy groups -OCH3 is 1. The number of rotatable bonds is 3. The molecule has 1 rings (SSSR count). The van der Waals surface area contributed by atoms with E-state index in [9.17, 15) is 19.3 Å². The van der Waals surface area contributed by atoms with Gasteiger partial charge in [-0.25, -0.2) is 0 Å². The van der Waals surface area contributed by atoms with Gasteiger partial charge in [-0.1, -0.05) is 6.07 Å². The average Bonchev–Trinajstić information content (AvgIpc) is 2.26. The van der Waals surface area contributed by atoms with E-state index in [2.05, 4.69) is 4.74 Å². The molecular weight excluding hydrogens is 217 g/mol. The molecule has 0 bridgehead atoms. The van der Waals surface area contributed by atoms with Crippen molar-refractivity contribution in [3.63, 3.8) is 0 Å². The van der Waals surface area contributed by atoms with E-state index < -0.39 is 28.3 Å². The third kappa shape index (κ3) is 2.33. The van der Waals surface area contributed by atoms with Gasteiger partial charge in [-0.05, 0) is 18.6 Å². The Kier molecular flexibility index (Phi) is 3.55. The molecule has 5 nitrogen and oxygen atoms in total. The van der Waals surface area contributed by atoms with Crippen LogP contribution in [0.2, 0.25) is 0 Å². The van der Waals surface area contributed by atoms with E-state index in [1.807, 2.05) is 0 Å². The third-order valence-electron chi connectivity index (χ3n) is 2.22. The molecule has 0 N–H and O–H groups in total. The molecule has 0 aliphatic heterocycles. The van der Waals surface area contributed by atoms with Gasteiger partial charge >= 0.3 is 11.7 Å². The maximum Gasteiger partial charge on any atom is 0.312 e. The summed E-state index contributed by atoms with van der Waals surface area (Å²) in [5, 5.41) is 10.4. The van der Waals surface area contributed by atoms with Crippen LogP contribution in [-0.4, -0.2) is 18.0 Å². The summed E-state index contributed by atoms with van der Waals surface area (Å²) in [5.41, 5.74) is -0.268. The van der Waals surface area contributed by atoms with Gasteiger partial charge in [-0.3, -0.25) is 14.9 Å². The average molecular weight is 227 g/mol. The van der Waals surface area contributed by atoms with Crippen molar-refractivity contribution in [3.05, 3.63) is 39.7 Å². The Bertz CT molecular complexity index is 433. The highest BCUT2D eigenvalue weighted by Crippen LogP contribution is 2.23. The van der Waals surface area contributed by atoms with Crippen LogP contribution in [0.25, 0.3) is 0 Å². The van der Waals surface area contributed by atoms with Crippen LogP contribution in [0.3, 0.4) is 0 Å². The molecule has 0 aliphatic carbocycles. The third-order valence-corrected chi connectivity index (χ3v) is 2.22. The molecule has 0 fully saturated rings. The van der Waals surface area contributed by atoms with Gasteiger partial charge < -0.3 is 4.74 Å². The maximum atomic E-state index is 13.2. The van der Waals surface area contributed by atoms with Crippen molar-refractivity contribution in [1.82, 2.24) is 0 Å². The summed E-state index contributed by atoms with van der Waals surface area (Å²) < 4.78 is 17.7. The molecule has 0 spiro atoms. The van der Waals surface area contributed by atoms with Crippen molar-refractivity contribution in [2.24, 2.45) is 0 Å². The smallest absolute Gasteiger partial charge is 0.312 e. The highest BCUT2D eigenvalue weighted by Gasteiger charge is 2.20. The molecule has 16 heavy (non-hydrogen) atoms. The van der Waals surface area contributed by atoms with Crippen molar-refractivity contribution in [1.29, 1.82) is 0 Å². The molecule has 0 radical (unpaired) electrons. The van der Waals surface area contributed by atoms with Gasteiger partial charge in [0.1, 0.15) is 0 Å². The fraction of sp³-hybridized carbons (Fsp3) is 0.300. The minimum Gasteiger partial charge on any atom is -0.469 e. The zero-order valence-corrected chi connectivity index (χ0v) is 8.77. The van der Waals surface area contributed by atoms with Crippen molar-refractivity contribution in [2.45, 2.75) is 12.8 Å². The largest absolute Gasteiger partial charge is 0.469 e. The second-order valence-corrected chi connectivity index (χ2v) is 3.21. The Hall–Kier alpha value is -1.98. The zero-order valence-electron chi connectivity index (χ0n) is 8.77. The predicted octanol–water partition coefficient (Wildman–Crippen LogP) is 2.01. The lowest BCUT2D eigenvalue weighted by atomic mass is 10.0. The second-order valence-electron chi connectivity index (χ2n) is 3.21. The lowest BCUT2D eigenvalue weighted by Gasteiger charge is -2.08. The maximum absolute atomic E-state index is 13.2. The van der Waals surface area contributed by atoms with E-state index in [4.69, 9.17) is 0 Å². The highest BCUT2D eigenvalue weighted by molar-refractivity contribution is 5.77. The monoisotopic (exact) mass is 227 g/mol. The van der Waals surface area contributed by atoms with Crippen LogP contribution in [0, 0.1) is 15.9 Å². The Balaban J connectivity index is 3.06. The van der Waals surface area contributed by atoms with Gasteiger partial charge in [-0.15, -0.1) is 0 Å². The molecule has 0 saturated carbocycles. The first-order valence-electron chi connectivity index (χ1n) is 4.49. The topological polar surface area (TPSA) is 69.4 Å². The highest BCUT2D eigenvalue weighted by atomic mass is 19.1. The first-order chi connectivity index (χ1) is 7.47. The van der Waals surface area contributed by atoms with Crippen molar-refractivity contribution >= 4 is 11.7 Å². The van der Waals surface area contributed by atoms with Crippen LogP contribution in [-0.2, 0) is 9.53 Å². The molecule has 6 heteroatoms. The Morgan fingerprint density at radius 1 is 1.56 bits per heavy atom. The van der Waals surface area contributed by atoms with Crippen LogP contribution in [0.1, 0.15) is 18.4 Å². The van der Waals surface area contributed by atoms with Crippen LogP contribution >= 0.6 is 0 Å². The standard InChI is InChI=1S/C10H10FNO4/c1-6(10(13)16-2)7-3-4-9(12(14)15)8(11)5-7/h3-6H,1-2H3/t6-/m0/s1. The van der Waals surface area contributed by atoms with Crippen LogP contribution in [0.5, 0.6) is 0 Å². The fourth-order valence-electron chi connectivity index (χ4n) is 1.25. The van der Waals surface area contributed by atoms with Gasteiger partial charge in [-0.2, -0.15) is 4.39 Å². The second kappa shape index (κ2) is 4.69. The number of esters is 1. The minimum atomic E-state index is -0.960. The number of hydrogen-bond donors (Lipinski definition) is 0. The lowest BCUT2D eigenvalue weighted by Crippen LogP contribution is -2.11. The lowest BCUT2D eigenvalue weighted by molar-refractivity contribution is -0.387. The Labute approximate surface area is 91.0 Å². The molecular formula is C10H10FNO4. The molecule has 1 atom stereocenters. The summed E-state index contributed by atoms with van der Waals surface area (Å²) >= 11 is 0. The van der Waals surface area contributed by atoms with E-state index in [0.717, 1.165) is 12.1 Å². The van der Waals surface area contributed by atoms with Gasteiger partial charge in [0.25, 0.3) is 0 Å². The quantitative estimate of drug-likeness (QED) is 0.450. The summed E-state index contributed by atoms with van der Waals surface area (Å²) in [7, 11) is 1.22. The number of carbonyl (C=O) groups is 1. The summed E-state index contributed by atoms with van der Waals surface area (Å²) in [4.78, 5) is 20.7. The van der Waals surface area contributed by atoms with Crippen molar-refractivity contribution in [2.75, 3.05) is 7.11 Å². The SMILES string of the molecule is COC(=O)[C@@H](C)c1ccc([N+](=O)[O-])c(F)c1. The number of benzene rings is 1. The number of nitrogens with zero attached hydrogens (tertiary/aromatic N) is 1. The summed E-state index contributed by atoms with van der Waals surface area (Å²) in [5.74, 6) is -2.13. The number of nitro groups is 1. The van der Waals surface area contributed by atoms with E-state index >= 15 is 0 Å². The molecule has 1 aromatic carbocycles. The molecule has 0 aliphatic rings. The van der Waals surface area contributed by atoms with Gasteiger partial charge in [0.05, 0.1) is 18.0 Å². The Morgan fingerprint density at radius 3 is 2.62 bits per heavy atom. The van der Waals surface area contributed by atoms with Crippen LogP contribution < -0.4 is 0 Å². The van der Waals surface area contributed by atoms with Crippen molar-refractivity contribution in [3.8, 4) is 0 Å². The molecule has 0 heterocycles. The molecule has 0 unspecified atom stereocenters. The number of halogens is 1. The number of nitro benzene ring substituents is 1. The fourth-order valence-corrected chi connectivity index (χ4v) is 1.25. The molecule has 86 valence electrons. The van der Waals surface area contributed by atoms with Crippen molar-refractivity contribution < 1.29 is 18.8 Å². The van der Waals surface area contributed by atoms with Crippen LogP contribution in [0.4, 0.5) is 10.1 Å².